The Morgan fingerprint density at radius 2 is 0.887 bits per heavy atom. The number of thiophene rings is 2. The molecule has 53 heavy (non-hydrogen) atoms. The third-order valence-electron chi connectivity index (χ3n) is 10.9. The molecule has 0 amide bonds. The van der Waals surface area contributed by atoms with E-state index in [4.69, 9.17) is 0 Å². The predicted octanol–water partition coefficient (Wildman–Crippen LogP) is 13.5. The average molecular weight is 713 g/mol. The van der Waals surface area contributed by atoms with Gasteiger partial charge in [0.15, 0.2) is 0 Å². The van der Waals surface area contributed by atoms with Crippen LogP contribution in [0.1, 0.15) is 36.5 Å². The van der Waals surface area contributed by atoms with Crippen LogP contribution >= 0.6 is 22.7 Å². The first kappa shape index (κ1) is 30.2. The minimum Gasteiger partial charge on any atom is -0.307 e. The van der Waals surface area contributed by atoms with Gasteiger partial charge in [0, 0.05) is 67.5 Å². The topological polar surface area (TPSA) is 57.4 Å². The molecule has 7 aromatic carbocycles. The second-order valence-electron chi connectivity index (χ2n) is 14.0. The molecule has 4 nitrogen and oxygen atoms in total. The molecular formula is C47H28N4S2. The first-order valence-corrected chi connectivity index (χ1v) is 19.4. The van der Waals surface area contributed by atoms with Crippen LogP contribution in [0.3, 0.4) is 0 Å². The molecule has 4 heterocycles. The van der Waals surface area contributed by atoms with Gasteiger partial charge in [0.1, 0.15) is 12.1 Å². The molecule has 0 fully saturated rings. The second-order valence-corrected chi connectivity index (χ2v) is 16.1. The van der Waals surface area contributed by atoms with Gasteiger partial charge >= 0.3 is 0 Å². The molecule has 0 N–H and O–H groups in total. The lowest BCUT2D eigenvalue weighted by atomic mass is 9.91. The summed E-state index contributed by atoms with van der Waals surface area (Å²) >= 11 is 3.65. The van der Waals surface area contributed by atoms with Crippen molar-refractivity contribution in [2.75, 3.05) is 0 Å². The quantitative estimate of drug-likeness (QED) is 0.183. The van der Waals surface area contributed by atoms with E-state index in [2.05, 4.69) is 156 Å². The van der Waals surface area contributed by atoms with Crippen molar-refractivity contribution in [1.29, 1.82) is 10.5 Å². The lowest BCUT2D eigenvalue weighted by molar-refractivity contribution is 0.839. The maximum absolute atomic E-state index is 10.9. The van der Waals surface area contributed by atoms with Crippen LogP contribution in [0.25, 0.3) is 95.3 Å². The fourth-order valence-corrected chi connectivity index (χ4v) is 11.4. The molecule has 11 rings (SSSR count). The number of hydrogen-bond acceptors (Lipinski definition) is 4. The summed E-state index contributed by atoms with van der Waals surface area (Å²) in [5.41, 5.74) is 7.78. The van der Waals surface area contributed by atoms with E-state index in [1.165, 1.54) is 51.1 Å². The number of hydrogen-bond donors (Lipinski definition) is 0. The van der Waals surface area contributed by atoms with Crippen LogP contribution in [-0.2, 0) is 0 Å². The summed E-state index contributed by atoms with van der Waals surface area (Å²) < 4.78 is 9.59. The maximum atomic E-state index is 10.9. The standard InChI is InChI=1S/C47H28N4S2/c1-26(2)41-44(50-35-15-7-3-13-33(35)42-37(50)21-19-31-29-11-5-9-17-39(29)52-46(31)42)27(24-48)23-28(25-49)45(41)51-36-16-8-4-14-34(36)43-38(51)22-20-32-30-12-6-10-18-40(30)53-47(32)43/h3-23,26H,1-2H3. The van der Waals surface area contributed by atoms with Crippen LogP contribution in [0.2, 0.25) is 0 Å². The molecule has 0 aliphatic heterocycles. The Labute approximate surface area is 312 Å². The smallest absolute Gasteiger partial charge is 0.101 e. The molecule has 4 aromatic heterocycles. The minimum absolute atomic E-state index is 0.0334. The number of fused-ring (bicyclic) bond motifs is 14. The molecule has 0 aliphatic carbocycles. The van der Waals surface area contributed by atoms with Crippen LogP contribution in [0.5, 0.6) is 0 Å². The minimum atomic E-state index is -0.0334. The number of nitrogens with zero attached hydrogens (tertiary/aromatic N) is 4. The van der Waals surface area contributed by atoms with Crippen molar-refractivity contribution >= 4 is 107 Å². The molecule has 6 heteroatoms. The molecule has 248 valence electrons. The Kier molecular flexibility index (Phi) is 6.29. The molecule has 0 aliphatic rings. The van der Waals surface area contributed by atoms with Crippen molar-refractivity contribution in [2.24, 2.45) is 0 Å². The molecular weight excluding hydrogens is 685 g/mol. The zero-order valence-electron chi connectivity index (χ0n) is 28.8. The van der Waals surface area contributed by atoms with Crippen LogP contribution in [-0.4, -0.2) is 9.13 Å². The van der Waals surface area contributed by atoms with Crippen molar-refractivity contribution in [2.45, 2.75) is 19.8 Å². The van der Waals surface area contributed by atoms with Gasteiger partial charge in [-0.2, -0.15) is 10.5 Å². The van der Waals surface area contributed by atoms with Gasteiger partial charge in [-0.05, 0) is 48.4 Å². The summed E-state index contributed by atoms with van der Waals surface area (Å²) in [4.78, 5) is 0. The Morgan fingerprint density at radius 1 is 0.472 bits per heavy atom. The van der Waals surface area contributed by atoms with Gasteiger partial charge in [0.05, 0.1) is 44.6 Å². The highest BCUT2D eigenvalue weighted by molar-refractivity contribution is 7.27. The van der Waals surface area contributed by atoms with Gasteiger partial charge in [-0.25, -0.2) is 0 Å². The van der Waals surface area contributed by atoms with Gasteiger partial charge in [-0.3, -0.25) is 0 Å². The zero-order chi connectivity index (χ0) is 35.5. The van der Waals surface area contributed by atoms with Gasteiger partial charge < -0.3 is 9.13 Å². The van der Waals surface area contributed by atoms with E-state index < -0.39 is 0 Å². The van der Waals surface area contributed by atoms with Crippen molar-refractivity contribution in [1.82, 2.24) is 9.13 Å². The lowest BCUT2D eigenvalue weighted by Crippen LogP contribution is -2.12. The highest BCUT2D eigenvalue weighted by atomic mass is 32.1. The fourth-order valence-electron chi connectivity index (χ4n) is 8.83. The number of benzene rings is 7. The van der Waals surface area contributed by atoms with Gasteiger partial charge in [-0.15, -0.1) is 22.7 Å². The molecule has 0 unspecified atom stereocenters. The number of aromatic nitrogens is 2. The summed E-state index contributed by atoms with van der Waals surface area (Å²) in [5.74, 6) is -0.0334. The van der Waals surface area contributed by atoms with E-state index >= 15 is 0 Å². The Hall–Kier alpha value is -6.44. The largest absolute Gasteiger partial charge is 0.307 e. The Balaban J connectivity index is 1.33. The van der Waals surface area contributed by atoms with Gasteiger partial charge in [0.25, 0.3) is 0 Å². The van der Waals surface area contributed by atoms with Crippen molar-refractivity contribution < 1.29 is 0 Å². The summed E-state index contributed by atoms with van der Waals surface area (Å²) in [6.07, 6.45) is 0. The normalized spacial score (nSPS) is 12.1. The number of rotatable bonds is 3. The molecule has 0 bridgehead atoms. The molecule has 0 atom stereocenters. The lowest BCUT2D eigenvalue weighted by Gasteiger charge is -2.24. The molecule has 0 spiro atoms. The maximum Gasteiger partial charge on any atom is 0.101 e. The molecule has 11 aromatic rings. The molecule has 0 saturated heterocycles. The van der Waals surface area contributed by atoms with E-state index in [0.29, 0.717) is 11.1 Å². The summed E-state index contributed by atoms with van der Waals surface area (Å²) in [5, 5.41) is 31.5. The van der Waals surface area contributed by atoms with E-state index in [-0.39, 0.29) is 5.92 Å². The monoisotopic (exact) mass is 712 g/mol. The van der Waals surface area contributed by atoms with Gasteiger partial charge in [0.2, 0.25) is 0 Å². The van der Waals surface area contributed by atoms with E-state index in [0.717, 1.165) is 49.8 Å². The highest BCUT2D eigenvalue weighted by Gasteiger charge is 2.29. The first-order valence-electron chi connectivity index (χ1n) is 17.8. The van der Waals surface area contributed by atoms with Crippen molar-refractivity contribution in [3.8, 4) is 23.5 Å². The molecule has 0 saturated carbocycles. The molecule has 0 radical (unpaired) electrons. The third-order valence-corrected chi connectivity index (χ3v) is 13.3. The van der Waals surface area contributed by atoms with E-state index in [1.54, 1.807) is 0 Å². The van der Waals surface area contributed by atoms with E-state index in [1.807, 2.05) is 28.7 Å². The van der Waals surface area contributed by atoms with Crippen LogP contribution in [0.15, 0.2) is 127 Å². The van der Waals surface area contributed by atoms with Crippen LogP contribution < -0.4 is 0 Å². The summed E-state index contributed by atoms with van der Waals surface area (Å²) in [6, 6.07) is 50.1. The number of nitriles is 2. The first-order chi connectivity index (χ1) is 26.1. The Bertz CT molecular complexity index is 3240. The highest BCUT2D eigenvalue weighted by Crippen LogP contribution is 2.48. The average Bonchev–Trinajstić information content (AvgIpc) is 3.94. The van der Waals surface area contributed by atoms with Crippen LogP contribution in [0, 0.1) is 22.7 Å². The van der Waals surface area contributed by atoms with Crippen LogP contribution in [0.4, 0.5) is 0 Å². The third kappa shape index (κ3) is 3.97. The zero-order valence-corrected chi connectivity index (χ0v) is 30.4. The van der Waals surface area contributed by atoms with Crippen molar-refractivity contribution in [3.05, 3.63) is 144 Å². The van der Waals surface area contributed by atoms with E-state index in [9.17, 15) is 10.5 Å². The summed E-state index contributed by atoms with van der Waals surface area (Å²) in [7, 11) is 0. The SMILES string of the molecule is CC(C)c1c(-n2c3ccccc3c3c4sc5ccccc5c4ccc32)c(C#N)cc(C#N)c1-n1c2ccccc2c2c3sc4ccccc4c3ccc21. The predicted molar refractivity (Wildman–Crippen MR) is 224 cm³/mol. The summed E-state index contributed by atoms with van der Waals surface area (Å²) in [6.45, 7) is 4.36. The second kappa shape index (κ2) is 11.0. The van der Waals surface area contributed by atoms with Crippen molar-refractivity contribution in [3.63, 3.8) is 0 Å². The number of para-hydroxylation sites is 2. The fraction of sp³-hybridized carbons (Fsp3) is 0.0638. The van der Waals surface area contributed by atoms with Gasteiger partial charge in [-0.1, -0.05) is 98.8 Å². The Morgan fingerprint density at radius 3 is 1.32 bits per heavy atom.